The number of anilines is 4. The molecule has 7 heteroatoms. The van der Waals surface area contributed by atoms with E-state index in [4.69, 9.17) is 4.74 Å². The number of amides is 1. The molecule has 0 spiro atoms. The third kappa shape index (κ3) is 4.75. The van der Waals surface area contributed by atoms with E-state index in [0.717, 1.165) is 41.5 Å². The zero-order valence-corrected chi connectivity index (χ0v) is 17.2. The van der Waals surface area contributed by atoms with Gasteiger partial charge in [-0.05, 0) is 50.2 Å². The molecule has 1 aromatic heterocycles. The van der Waals surface area contributed by atoms with Gasteiger partial charge >= 0.3 is 0 Å². The van der Waals surface area contributed by atoms with Gasteiger partial charge in [-0.2, -0.15) is 0 Å². The van der Waals surface area contributed by atoms with Crippen molar-refractivity contribution in [2.24, 2.45) is 0 Å². The van der Waals surface area contributed by atoms with Crippen molar-refractivity contribution in [1.82, 2.24) is 9.97 Å². The fraction of sp³-hybridized carbons (Fsp3) is 0.261. The summed E-state index contributed by atoms with van der Waals surface area (Å²) >= 11 is 0. The molecule has 2 aromatic carbocycles. The minimum absolute atomic E-state index is 0.166. The molecule has 0 atom stereocenters. The summed E-state index contributed by atoms with van der Waals surface area (Å²) in [6.07, 6.45) is 0. The number of aromatic nitrogens is 2. The summed E-state index contributed by atoms with van der Waals surface area (Å²) in [5.74, 6) is 0.350. The molecule has 2 heterocycles. The summed E-state index contributed by atoms with van der Waals surface area (Å²) in [6.45, 7) is 6.85. The molecule has 1 amide bonds. The first-order valence-corrected chi connectivity index (χ1v) is 10.0. The lowest BCUT2D eigenvalue weighted by atomic mass is 10.1. The highest BCUT2D eigenvalue weighted by Crippen LogP contribution is 2.27. The van der Waals surface area contributed by atoms with Crippen LogP contribution in [-0.2, 0) is 4.74 Å². The summed E-state index contributed by atoms with van der Waals surface area (Å²) in [5.41, 5.74) is 4.89. The molecular weight excluding hydrogens is 378 g/mol. The maximum atomic E-state index is 12.9. The predicted octanol–water partition coefficient (Wildman–Crippen LogP) is 3.93. The van der Waals surface area contributed by atoms with Crippen LogP contribution in [0.5, 0.6) is 0 Å². The van der Waals surface area contributed by atoms with Gasteiger partial charge in [0.25, 0.3) is 5.91 Å². The van der Waals surface area contributed by atoms with E-state index >= 15 is 0 Å². The van der Waals surface area contributed by atoms with E-state index in [1.165, 1.54) is 0 Å². The minimum atomic E-state index is -0.166. The van der Waals surface area contributed by atoms with Gasteiger partial charge in [0, 0.05) is 35.7 Å². The summed E-state index contributed by atoms with van der Waals surface area (Å²) in [6, 6.07) is 17.1. The van der Waals surface area contributed by atoms with Crippen molar-refractivity contribution in [3.63, 3.8) is 0 Å². The number of para-hydroxylation sites is 2. The van der Waals surface area contributed by atoms with E-state index in [9.17, 15) is 4.79 Å². The van der Waals surface area contributed by atoms with E-state index in [1.807, 2.05) is 56.3 Å². The second-order valence-corrected chi connectivity index (χ2v) is 7.25. The maximum Gasteiger partial charge on any atom is 0.255 e. The van der Waals surface area contributed by atoms with Crippen LogP contribution >= 0.6 is 0 Å². The standard InChI is InChI=1S/C23H25N5O2/c1-16-14-17(2)25-23(24-16)26-19-7-5-6-18(15-19)22(29)27-20-8-3-4-9-21(20)28-10-12-30-13-11-28/h3-9,14-15H,10-13H2,1-2H3,(H,27,29)(H,24,25,26). The van der Waals surface area contributed by atoms with Gasteiger partial charge in [0.1, 0.15) is 0 Å². The molecule has 0 radical (unpaired) electrons. The van der Waals surface area contributed by atoms with Crippen LogP contribution < -0.4 is 15.5 Å². The normalized spacial score (nSPS) is 13.7. The number of carbonyl (C=O) groups is 1. The molecule has 7 nitrogen and oxygen atoms in total. The van der Waals surface area contributed by atoms with Gasteiger partial charge in [-0.3, -0.25) is 4.79 Å². The number of hydrogen-bond acceptors (Lipinski definition) is 6. The Morgan fingerprint density at radius 3 is 2.47 bits per heavy atom. The van der Waals surface area contributed by atoms with Crippen molar-refractivity contribution in [3.8, 4) is 0 Å². The van der Waals surface area contributed by atoms with Crippen LogP contribution in [0.25, 0.3) is 0 Å². The van der Waals surface area contributed by atoms with E-state index in [-0.39, 0.29) is 5.91 Å². The third-order valence-corrected chi connectivity index (χ3v) is 4.87. The van der Waals surface area contributed by atoms with Crippen LogP contribution in [0.4, 0.5) is 23.0 Å². The molecule has 30 heavy (non-hydrogen) atoms. The van der Waals surface area contributed by atoms with Crippen LogP contribution in [0.1, 0.15) is 21.7 Å². The zero-order chi connectivity index (χ0) is 20.9. The zero-order valence-electron chi connectivity index (χ0n) is 17.2. The van der Waals surface area contributed by atoms with Crippen LogP contribution in [0.15, 0.2) is 54.6 Å². The molecule has 0 aliphatic carbocycles. The number of benzene rings is 2. The topological polar surface area (TPSA) is 79.4 Å². The number of aryl methyl sites for hydroxylation is 2. The Labute approximate surface area is 176 Å². The average Bonchev–Trinajstić information content (AvgIpc) is 2.74. The lowest BCUT2D eigenvalue weighted by Crippen LogP contribution is -2.36. The highest BCUT2D eigenvalue weighted by atomic mass is 16.5. The Balaban J connectivity index is 1.51. The van der Waals surface area contributed by atoms with Crippen molar-refractivity contribution >= 4 is 28.9 Å². The first kappa shape index (κ1) is 19.8. The third-order valence-electron chi connectivity index (χ3n) is 4.87. The van der Waals surface area contributed by atoms with Gasteiger partial charge in [0.15, 0.2) is 0 Å². The average molecular weight is 403 g/mol. The van der Waals surface area contributed by atoms with Crippen molar-refractivity contribution < 1.29 is 9.53 Å². The fourth-order valence-electron chi connectivity index (χ4n) is 3.50. The summed E-state index contributed by atoms with van der Waals surface area (Å²) in [5, 5.41) is 6.24. The Morgan fingerprint density at radius 2 is 1.70 bits per heavy atom. The van der Waals surface area contributed by atoms with Gasteiger partial charge in [0.2, 0.25) is 5.95 Å². The van der Waals surface area contributed by atoms with E-state index in [1.54, 1.807) is 12.1 Å². The number of morpholine rings is 1. The van der Waals surface area contributed by atoms with Crippen LogP contribution in [-0.4, -0.2) is 42.2 Å². The van der Waals surface area contributed by atoms with Crippen LogP contribution in [0.3, 0.4) is 0 Å². The number of ether oxygens (including phenoxy) is 1. The number of rotatable bonds is 5. The van der Waals surface area contributed by atoms with Crippen molar-refractivity contribution in [2.45, 2.75) is 13.8 Å². The molecule has 0 unspecified atom stereocenters. The minimum Gasteiger partial charge on any atom is -0.378 e. The molecular formula is C23H25N5O2. The molecule has 0 saturated carbocycles. The first-order valence-electron chi connectivity index (χ1n) is 10.0. The molecule has 2 N–H and O–H groups in total. The van der Waals surface area contributed by atoms with Gasteiger partial charge in [-0.15, -0.1) is 0 Å². The lowest BCUT2D eigenvalue weighted by Gasteiger charge is -2.30. The Bertz CT molecular complexity index is 1030. The molecule has 1 fully saturated rings. The Morgan fingerprint density at radius 1 is 0.967 bits per heavy atom. The summed E-state index contributed by atoms with van der Waals surface area (Å²) in [7, 11) is 0. The van der Waals surface area contributed by atoms with Gasteiger partial charge in [0.05, 0.1) is 24.6 Å². The smallest absolute Gasteiger partial charge is 0.255 e. The molecule has 1 aliphatic heterocycles. The van der Waals surface area contributed by atoms with E-state index in [0.29, 0.717) is 24.7 Å². The Kier molecular flexibility index (Phi) is 5.90. The van der Waals surface area contributed by atoms with Crippen molar-refractivity contribution in [2.75, 3.05) is 41.8 Å². The number of hydrogen-bond donors (Lipinski definition) is 2. The predicted molar refractivity (Wildman–Crippen MR) is 119 cm³/mol. The molecule has 4 rings (SSSR count). The molecule has 1 saturated heterocycles. The molecule has 3 aromatic rings. The monoisotopic (exact) mass is 403 g/mol. The fourth-order valence-corrected chi connectivity index (χ4v) is 3.50. The highest BCUT2D eigenvalue weighted by molar-refractivity contribution is 6.06. The first-order chi connectivity index (χ1) is 14.6. The van der Waals surface area contributed by atoms with Gasteiger partial charge in [-0.25, -0.2) is 9.97 Å². The lowest BCUT2D eigenvalue weighted by molar-refractivity contribution is 0.102. The van der Waals surface area contributed by atoms with Crippen molar-refractivity contribution in [1.29, 1.82) is 0 Å². The number of carbonyl (C=O) groups excluding carboxylic acids is 1. The van der Waals surface area contributed by atoms with E-state index < -0.39 is 0 Å². The van der Waals surface area contributed by atoms with Crippen LogP contribution in [0, 0.1) is 13.8 Å². The van der Waals surface area contributed by atoms with Gasteiger partial charge in [-0.1, -0.05) is 18.2 Å². The van der Waals surface area contributed by atoms with Crippen LogP contribution in [0.2, 0.25) is 0 Å². The summed E-state index contributed by atoms with van der Waals surface area (Å²) < 4.78 is 5.44. The quantitative estimate of drug-likeness (QED) is 0.672. The Hall–Kier alpha value is -3.45. The maximum absolute atomic E-state index is 12.9. The second-order valence-electron chi connectivity index (χ2n) is 7.25. The summed E-state index contributed by atoms with van der Waals surface area (Å²) in [4.78, 5) is 24.0. The second kappa shape index (κ2) is 8.92. The SMILES string of the molecule is Cc1cc(C)nc(Nc2cccc(C(=O)Nc3ccccc3N3CCOCC3)c2)n1. The number of nitrogens with zero attached hydrogens (tertiary/aromatic N) is 3. The van der Waals surface area contributed by atoms with Gasteiger partial charge < -0.3 is 20.3 Å². The molecule has 0 bridgehead atoms. The highest BCUT2D eigenvalue weighted by Gasteiger charge is 2.16. The van der Waals surface area contributed by atoms with E-state index in [2.05, 4.69) is 25.5 Å². The largest absolute Gasteiger partial charge is 0.378 e. The number of nitrogens with one attached hydrogen (secondary N) is 2. The molecule has 154 valence electrons. The molecule has 1 aliphatic rings. The van der Waals surface area contributed by atoms with Crippen molar-refractivity contribution in [3.05, 3.63) is 71.5 Å².